The second-order valence-corrected chi connectivity index (χ2v) is 8.07. The number of ether oxygens (including phenoxy) is 2. The summed E-state index contributed by atoms with van der Waals surface area (Å²) in [6, 6.07) is 9.38. The van der Waals surface area contributed by atoms with E-state index in [1.807, 2.05) is 19.9 Å². The minimum atomic E-state index is -0.665. The zero-order chi connectivity index (χ0) is 24.1. The van der Waals surface area contributed by atoms with E-state index in [-0.39, 0.29) is 22.9 Å². The number of esters is 1. The standard InChI is InChI=1S/C22H21BrN4O6/c1-4-13(2)21-25-17-7-6-15(23)10-16(17)22(29)26(21)24-11-14-5-8-19(18(9-14)27(30)31)33-12-20(28)32-3/h5-11,13H,4,12H2,1-3H3/t13-/m0/s1. The van der Waals surface area contributed by atoms with Crippen LogP contribution in [0.15, 0.2) is 50.8 Å². The van der Waals surface area contributed by atoms with Gasteiger partial charge in [0.2, 0.25) is 0 Å². The van der Waals surface area contributed by atoms with Crippen LogP contribution in [0.5, 0.6) is 5.75 Å². The average molecular weight is 517 g/mol. The smallest absolute Gasteiger partial charge is 0.343 e. The van der Waals surface area contributed by atoms with Crippen molar-refractivity contribution in [3.8, 4) is 5.75 Å². The van der Waals surface area contributed by atoms with Crippen LogP contribution < -0.4 is 10.3 Å². The molecule has 33 heavy (non-hydrogen) atoms. The maximum Gasteiger partial charge on any atom is 0.343 e. The Morgan fingerprint density at radius 1 is 1.33 bits per heavy atom. The molecular weight excluding hydrogens is 496 g/mol. The predicted octanol–water partition coefficient (Wildman–Crippen LogP) is 4.01. The number of rotatable bonds is 8. The number of fused-ring (bicyclic) bond motifs is 1. The third-order valence-electron chi connectivity index (χ3n) is 4.96. The summed E-state index contributed by atoms with van der Waals surface area (Å²) in [5, 5.41) is 16.2. The molecule has 172 valence electrons. The van der Waals surface area contributed by atoms with Crippen molar-refractivity contribution < 1.29 is 19.2 Å². The van der Waals surface area contributed by atoms with E-state index >= 15 is 0 Å². The van der Waals surface area contributed by atoms with Crippen LogP contribution in [-0.4, -0.2) is 40.5 Å². The molecule has 0 saturated carbocycles. The van der Waals surface area contributed by atoms with Gasteiger partial charge in [0, 0.05) is 22.0 Å². The van der Waals surface area contributed by atoms with Crippen LogP contribution in [0.25, 0.3) is 10.9 Å². The summed E-state index contributed by atoms with van der Waals surface area (Å²) in [7, 11) is 1.19. The molecular formula is C22H21BrN4O6. The van der Waals surface area contributed by atoms with Crippen LogP contribution in [-0.2, 0) is 9.53 Å². The van der Waals surface area contributed by atoms with Crippen molar-refractivity contribution in [2.45, 2.75) is 26.2 Å². The molecule has 0 amide bonds. The summed E-state index contributed by atoms with van der Waals surface area (Å²) < 4.78 is 11.6. The third kappa shape index (κ3) is 5.43. The Kier molecular flexibility index (Phi) is 7.54. The highest BCUT2D eigenvalue weighted by Gasteiger charge is 2.18. The van der Waals surface area contributed by atoms with Gasteiger partial charge in [-0.25, -0.2) is 9.78 Å². The van der Waals surface area contributed by atoms with E-state index in [0.29, 0.717) is 22.3 Å². The lowest BCUT2D eigenvalue weighted by molar-refractivity contribution is -0.385. The Hall–Kier alpha value is -3.60. The molecule has 3 rings (SSSR count). The lowest BCUT2D eigenvalue weighted by Gasteiger charge is -2.14. The molecule has 0 spiro atoms. The van der Waals surface area contributed by atoms with Crippen molar-refractivity contribution in [2.75, 3.05) is 13.7 Å². The number of benzene rings is 2. The molecule has 0 radical (unpaired) electrons. The SMILES string of the molecule is CC[C@H](C)c1nc2ccc(Br)cc2c(=O)n1N=Cc1ccc(OCC(=O)OC)c([N+](=O)[O-])c1. The van der Waals surface area contributed by atoms with Gasteiger partial charge in [0.25, 0.3) is 5.56 Å². The van der Waals surface area contributed by atoms with Gasteiger partial charge in [0.05, 0.1) is 29.2 Å². The molecule has 0 bridgehead atoms. The van der Waals surface area contributed by atoms with Crippen molar-refractivity contribution in [3.63, 3.8) is 0 Å². The van der Waals surface area contributed by atoms with E-state index < -0.39 is 17.5 Å². The van der Waals surface area contributed by atoms with Crippen molar-refractivity contribution in [1.82, 2.24) is 9.66 Å². The van der Waals surface area contributed by atoms with Crippen LogP contribution in [0.4, 0.5) is 5.69 Å². The molecule has 0 aliphatic heterocycles. The van der Waals surface area contributed by atoms with Gasteiger partial charge in [-0.2, -0.15) is 9.78 Å². The van der Waals surface area contributed by atoms with Crippen molar-refractivity contribution >= 4 is 44.7 Å². The van der Waals surface area contributed by atoms with E-state index in [9.17, 15) is 19.7 Å². The number of halogens is 1. The van der Waals surface area contributed by atoms with Gasteiger partial charge in [-0.05, 0) is 36.8 Å². The number of hydrogen-bond donors (Lipinski definition) is 0. The van der Waals surface area contributed by atoms with Crippen molar-refractivity contribution in [1.29, 1.82) is 0 Å². The average Bonchev–Trinajstić information content (AvgIpc) is 2.81. The molecule has 1 aromatic heterocycles. The Bertz CT molecular complexity index is 1300. The highest BCUT2D eigenvalue weighted by atomic mass is 79.9. The van der Waals surface area contributed by atoms with Gasteiger partial charge in [0.15, 0.2) is 12.4 Å². The summed E-state index contributed by atoms with van der Waals surface area (Å²) in [5.74, 6) is -0.313. The van der Waals surface area contributed by atoms with Gasteiger partial charge < -0.3 is 9.47 Å². The summed E-state index contributed by atoms with van der Waals surface area (Å²) in [5.41, 5.74) is 0.231. The zero-order valence-electron chi connectivity index (χ0n) is 18.1. The topological polar surface area (TPSA) is 126 Å². The maximum absolute atomic E-state index is 13.2. The van der Waals surface area contributed by atoms with Crippen LogP contribution in [0.1, 0.15) is 37.6 Å². The highest BCUT2D eigenvalue weighted by molar-refractivity contribution is 9.10. The highest BCUT2D eigenvalue weighted by Crippen LogP contribution is 2.28. The van der Waals surface area contributed by atoms with E-state index in [1.165, 1.54) is 36.2 Å². The van der Waals surface area contributed by atoms with E-state index in [0.717, 1.165) is 10.9 Å². The quantitative estimate of drug-likeness (QED) is 0.191. The molecule has 0 saturated heterocycles. The minimum absolute atomic E-state index is 0.0497. The lowest BCUT2D eigenvalue weighted by atomic mass is 10.1. The van der Waals surface area contributed by atoms with Crippen LogP contribution in [0.2, 0.25) is 0 Å². The summed E-state index contributed by atoms with van der Waals surface area (Å²) in [6.07, 6.45) is 2.08. The fraction of sp³-hybridized carbons (Fsp3) is 0.273. The molecule has 11 heteroatoms. The van der Waals surface area contributed by atoms with Gasteiger partial charge in [-0.1, -0.05) is 29.8 Å². The first kappa shape index (κ1) is 24.1. The zero-order valence-corrected chi connectivity index (χ0v) is 19.7. The summed E-state index contributed by atoms with van der Waals surface area (Å²) >= 11 is 3.36. The Balaban J connectivity index is 2.05. The van der Waals surface area contributed by atoms with Crippen molar-refractivity contribution in [3.05, 3.63) is 72.7 Å². The molecule has 0 unspecified atom stereocenters. The monoisotopic (exact) mass is 516 g/mol. The number of methoxy groups -OCH3 is 1. The number of aromatic nitrogens is 2. The molecule has 1 heterocycles. The molecule has 0 fully saturated rings. The number of carbonyl (C=O) groups excluding carboxylic acids is 1. The van der Waals surface area contributed by atoms with Crippen molar-refractivity contribution in [2.24, 2.45) is 5.10 Å². The second kappa shape index (κ2) is 10.3. The number of nitro benzene ring substituents is 1. The van der Waals surface area contributed by atoms with Gasteiger partial charge in [0.1, 0.15) is 5.82 Å². The number of nitro groups is 1. The molecule has 0 N–H and O–H groups in total. The number of nitrogens with zero attached hydrogens (tertiary/aromatic N) is 4. The fourth-order valence-corrected chi connectivity index (χ4v) is 3.34. The lowest BCUT2D eigenvalue weighted by Crippen LogP contribution is -2.23. The predicted molar refractivity (Wildman–Crippen MR) is 126 cm³/mol. The first-order valence-electron chi connectivity index (χ1n) is 9.99. The fourth-order valence-electron chi connectivity index (χ4n) is 2.98. The third-order valence-corrected chi connectivity index (χ3v) is 5.45. The summed E-state index contributed by atoms with van der Waals surface area (Å²) in [6.45, 7) is 3.46. The normalized spacial score (nSPS) is 12.1. The maximum atomic E-state index is 13.2. The molecule has 0 aliphatic carbocycles. The van der Waals surface area contributed by atoms with Crippen LogP contribution >= 0.6 is 15.9 Å². The Morgan fingerprint density at radius 3 is 2.76 bits per heavy atom. The Labute approximate surface area is 197 Å². The first-order chi connectivity index (χ1) is 15.7. The molecule has 3 aromatic rings. The van der Waals surface area contributed by atoms with Crippen LogP contribution in [0, 0.1) is 10.1 Å². The molecule has 2 aromatic carbocycles. The van der Waals surface area contributed by atoms with Crippen LogP contribution in [0.3, 0.4) is 0 Å². The van der Waals surface area contributed by atoms with E-state index in [1.54, 1.807) is 12.1 Å². The Morgan fingerprint density at radius 2 is 2.09 bits per heavy atom. The number of carbonyl (C=O) groups is 1. The van der Waals surface area contributed by atoms with Gasteiger partial charge in [-0.15, -0.1) is 0 Å². The second-order valence-electron chi connectivity index (χ2n) is 7.15. The number of hydrogen-bond acceptors (Lipinski definition) is 8. The minimum Gasteiger partial charge on any atom is -0.475 e. The molecule has 1 atom stereocenters. The first-order valence-corrected chi connectivity index (χ1v) is 10.8. The van der Waals surface area contributed by atoms with Gasteiger partial charge >= 0.3 is 11.7 Å². The van der Waals surface area contributed by atoms with E-state index in [4.69, 9.17) is 4.74 Å². The summed E-state index contributed by atoms with van der Waals surface area (Å²) in [4.78, 5) is 39.9. The van der Waals surface area contributed by atoms with E-state index in [2.05, 4.69) is 30.8 Å². The molecule has 0 aliphatic rings. The van der Waals surface area contributed by atoms with Gasteiger partial charge in [-0.3, -0.25) is 14.9 Å². The largest absolute Gasteiger partial charge is 0.475 e. The molecule has 10 nitrogen and oxygen atoms in total.